The highest BCUT2D eigenvalue weighted by molar-refractivity contribution is 5.76. The zero-order valence-electron chi connectivity index (χ0n) is 10.4. The van der Waals surface area contributed by atoms with Crippen LogP contribution in [0.4, 0.5) is 4.79 Å². The molecule has 1 unspecified atom stereocenters. The summed E-state index contributed by atoms with van der Waals surface area (Å²) < 4.78 is 5.53. The van der Waals surface area contributed by atoms with E-state index in [0.717, 1.165) is 0 Å². The highest BCUT2D eigenvalue weighted by atomic mass is 16.5. The van der Waals surface area contributed by atoms with Crippen molar-refractivity contribution in [3.63, 3.8) is 0 Å². The van der Waals surface area contributed by atoms with E-state index in [1.165, 1.54) is 0 Å². The van der Waals surface area contributed by atoms with Gasteiger partial charge in [-0.15, -0.1) is 12.3 Å². The number of ether oxygens (including phenoxy) is 1. The van der Waals surface area contributed by atoms with Crippen LogP contribution in [0.1, 0.15) is 20.3 Å². The third kappa shape index (κ3) is 4.63. The number of terminal acetylenes is 1. The predicted octanol–water partition coefficient (Wildman–Crippen LogP) is 0.191. The van der Waals surface area contributed by atoms with Crippen LogP contribution in [0.5, 0.6) is 0 Å². The number of amides is 2. The van der Waals surface area contributed by atoms with Crippen molar-refractivity contribution in [3.8, 4) is 12.3 Å². The summed E-state index contributed by atoms with van der Waals surface area (Å²) in [6.07, 6.45) is 5.02. The molecule has 5 heteroatoms. The Hall–Kier alpha value is -1.25. The molecule has 0 aromatic carbocycles. The number of hydrogen-bond acceptors (Lipinski definition) is 3. The SMILES string of the molecule is C#CCC(C)(C)OCC(O)CN1CCNC1=O. The topological polar surface area (TPSA) is 61.8 Å². The van der Waals surface area contributed by atoms with Crippen LogP contribution in [-0.2, 0) is 4.74 Å². The van der Waals surface area contributed by atoms with Gasteiger partial charge >= 0.3 is 6.03 Å². The van der Waals surface area contributed by atoms with E-state index in [4.69, 9.17) is 11.2 Å². The third-order valence-corrected chi connectivity index (χ3v) is 2.57. The number of hydrogen-bond donors (Lipinski definition) is 2. The summed E-state index contributed by atoms with van der Waals surface area (Å²) in [5.41, 5.74) is -0.441. The summed E-state index contributed by atoms with van der Waals surface area (Å²) >= 11 is 0. The monoisotopic (exact) mass is 240 g/mol. The zero-order chi connectivity index (χ0) is 12.9. The van der Waals surface area contributed by atoms with Gasteiger partial charge < -0.3 is 20.1 Å². The Labute approximate surface area is 102 Å². The van der Waals surface area contributed by atoms with E-state index in [1.807, 2.05) is 13.8 Å². The molecule has 1 heterocycles. The highest BCUT2D eigenvalue weighted by Gasteiger charge is 2.24. The second kappa shape index (κ2) is 5.89. The van der Waals surface area contributed by atoms with Gasteiger partial charge in [0.15, 0.2) is 0 Å². The number of aliphatic hydroxyl groups is 1. The minimum Gasteiger partial charge on any atom is -0.389 e. The van der Waals surface area contributed by atoms with Crippen molar-refractivity contribution < 1.29 is 14.6 Å². The van der Waals surface area contributed by atoms with E-state index in [2.05, 4.69) is 11.2 Å². The molecule has 5 nitrogen and oxygen atoms in total. The summed E-state index contributed by atoms with van der Waals surface area (Å²) in [6.45, 7) is 5.49. The fourth-order valence-corrected chi connectivity index (χ4v) is 1.61. The van der Waals surface area contributed by atoms with E-state index >= 15 is 0 Å². The van der Waals surface area contributed by atoms with Crippen molar-refractivity contribution in [1.29, 1.82) is 0 Å². The fourth-order valence-electron chi connectivity index (χ4n) is 1.61. The summed E-state index contributed by atoms with van der Waals surface area (Å²) in [6, 6.07) is -0.132. The van der Waals surface area contributed by atoms with Crippen LogP contribution < -0.4 is 5.32 Å². The van der Waals surface area contributed by atoms with E-state index in [1.54, 1.807) is 4.90 Å². The number of rotatable bonds is 6. The molecule has 2 amide bonds. The molecule has 0 aromatic rings. The first kappa shape index (κ1) is 13.8. The number of carbonyl (C=O) groups excluding carboxylic acids is 1. The van der Waals surface area contributed by atoms with Gasteiger partial charge in [0.1, 0.15) is 0 Å². The van der Waals surface area contributed by atoms with Crippen LogP contribution in [0.2, 0.25) is 0 Å². The average molecular weight is 240 g/mol. The molecule has 0 aromatic heterocycles. The van der Waals surface area contributed by atoms with E-state index < -0.39 is 11.7 Å². The summed E-state index contributed by atoms with van der Waals surface area (Å²) in [5.74, 6) is 2.53. The van der Waals surface area contributed by atoms with Crippen molar-refractivity contribution >= 4 is 6.03 Å². The average Bonchev–Trinajstić information content (AvgIpc) is 2.62. The first-order chi connectivity index (χ1) is 7.94. The predicted molar refractivity (Wildman–Crippen MR) is 64.5 cm³/mol. The molecule has 1 aliphatic rings. The highest BCUT2D eigenvalue weighted by Crippen LogP contribution is 2.14. The van der Waals surface area contributed by atoms with Gasteiger partial charge in [-0.1, -0.05) is 0 Å². The molecule has 17 heavy (non-hydrogen) atoms. The molecule has 96 valence electrons. The van der Waals surface area contributed by atoms with Crippen LogP contribution in [0, 0.1) is 12.3 Å². The number of nitrogens with one attached hydrogen (secondary N) is 1. The second-order valence-electron chi connectivity index (χ2n) is 4.78. The molecule has 0 saturated carbocycles. The van der Waals surface area contributed by atoms with Gasteiger partial charge in [0, 0.05) is 19.5 Å². The van der Waals surface area contributed by atoms with Crippen molar-refractivity contribution in [1.82, 2.24) is 10.2 Å². The lowest BCUT2D eigenvalue weighted by Crippen LogP contribution is -2.39. The van der Waals surface area contributed by atoms with E-state index in [-0.39, 0.29) is 19.2 Å². The van der Waals surface area contributed by atoms with Crippen molar-refractivity contribution in [2.75, 3.05) is 26.2 Å². The summed E-state index contributed by atoms with van der Waals surface area (Å²) in [4.78, 5) is 12.8. The summed E-state index contributed by atoms with van der Waals surface area (Å²) in [7, 11) is 0. The third-order valence-electron chi connectivity index (χ3n) is 2.57. The largest absolute Gasteiger partial charge is 0.389 e. The maximum atomic E-state index is 11.2. The molecular weight excluding hydrogens is 220 g/mol. The van der Waals surface area contributed by atoms with Crippen molar-refractivity contribution in [2.45, 2.75) is 32.0 Å². The zero-order valence-corrected chi connectivity index (χ0v) is 10.4. The Morgan fingerprint density at radius 3 is 2.94 bits per heavy atom. The number of urea groups is 1. The Morgan fingerprint density at radius 2 is 2.41 bits per heavy atom. The lowest BCUT2D eigenvalue weighted by Gasteiger charge is -2.26. The summed E-state index contributed by atoms with van der Waals surface area (Å²) in [5, 5.41) is 12.4. The van der Waals surface area contributed by atoms with Gasteiger partial charge in [-0.05, 0) is 13.8 Å². The molecule has 1 fully saturated rings. The van der Waals surface area contributed by atoms with Crippen LogP contribution in [0.3, 0.4) is 0 Å². The molecule has 1 saturated heterocycles. The first-order valence-corrected chi connectivity index (χ1v) is 5.73. The van der Waals surface area contributed by atoms with Gasteiger partial charge in [0.25, 0.3) is 0 Å². The van der Waals surface area contributed by atoms with Crippen LogP contribution in [-0.4, -0.2) is 54.0 Å². The maximum absolute atomic E-state index is 11.2. The van der Waals surface area contributed by atoms with Crippen LogP contribution in [0.25, 0.3) is 0 Å². The first-order valence-electron chi connectivity index (χ1n) is 5.73. The molecule has 2 N–H and O–H groups in total. The Balaban J connectivity index is 2.28. The van der Waals surface area contributed by atoms with Crippen molar-refractivity contribution in [3.05, 3.63) is 0 Å². The minimum atomic E-state index is -0.684. The lowest BCUT2D eigenvalue weighted by atomic mass is 10.1. The fraction of sp³-hybridized carbons (Fsp3) is 0.750. The number of aliphatic hydroxyl groups excluding tert-OH is 1. The molecule has 0 bridgehead atoms. The van der Waals surface area contributed by atoms with Gasteiger partial charge in [-0.25, -0.2) is 4.79 Å². The van der Waals surface area contributed by atoms with Crippen molar-refractivity contribution in [2.24, 2.45) is 0 Å². The van der Waals surface area contributed by atoms with Gasteiger partial charge in [-0.2, -0.15) is 0 Å². The molecule has 0 aliphatic carbocycles. The second-order valence-corrected chi connectivity index (χ2v) is 4.78. The van der Waals surface area contributed by atoms with Gasteiger partial charge in [0.2, 0.25) is 0 Å². The Morgan fingerprint density at radius 1 is 1.71 bits per heavy atom. The quantitative estimate of drug-likeness (QED) is 0.652. The molecule has 0 radical (unpaired) electrons. The lowest BCUT2D eigenvalue weighted by molar-refractivity contribution is -0.0598. The number of nitrogens with zero attached hydrogens (tertiary/aromatic N) is 1. The van der Waals surface area contributed by atoms with E-state index in [0.29, 0.717) is 19.5 Å². The molecule has 1 atom stereocenters. The number of β-amino-alcohol motifs (C(OH)–C–C–N with tert-alkyl or cyclic N) is 1. The molecular formula is C12H20N2O3. The van der Waals surface area contributed by atoms with Gasteiger partial charge in [0.05, 0.1) is 24.9 Å². The molecule has 1 rings (SSSR count). The Bertz CT molecular complexity index is 309. The van der Waals surface area contributed by atoms with Crippen LogP contribution >= 0.6 is 0 Å². The maximum Gasteiger partial charge on any atom is 0.317 e. The number of carbonyl (C=O) groups is 1. The Kier molecular flexibility index (Phi) is 4.79. The van der Waals surface area contributed by atoms with Gasteiger partial charge in [-0.3, -0.25) is 0 Å². The van der Waals surface area contributed by atoms with E-state index in [9.17, 15) is 9.90 Å². The molecule has 1 aliphatic heterocycles. The van der Waals surface area contributed by atoms with Crippen LogP contribution in [0.15, 0.2) is 0 Å². The normalized spacial score (nSPS) is 17.8. The standard InChI is InChI=1S/C12H20N2O3/c1-4-5-12(2,3)17-9-10(15)8-14-7-6-13-11(14)16/h1,10,15H,5-9H2,2-3H3,(H,13,16). The molecule has 0 spiro atoms. The smallest absolute Gasteiger partial charge is 0.317 e. The minimum absolute atomic E-state index is 0.132.